The Labute approximate surface area is 199 Å². The summed E-state index contributed by atoms with van der Waals surface area (Å²) in [5.74, 6) is 2.25. The topological polar surface area (TPSA) is 61.8 Å². The van der Waals surface area contributed by atoms with Crippen LogP contribution in [0.4, 0.5) is 0 Å². The molecule has 0 atom stereocenters. The molecule has 0 aliphatic heterocycles. The van der Waals surface area contributed by atoms with Gasteiger partial charge in [-0.2, -0.15) is 0 Å². The van der Waals surface area contributed by atoms with Crippen LogP contribution in [0.15, 0.2) is 103 Å². The molecule has 0 heterocycles. The number of carbonyl (C=O) groups is 2. The number of ether oxygens (including phenoxy) is 3. The molecular weight excluding hydrogens is 428 g/mol. The van der Waals surface area contributed by atoms with E-state index in [1.165, 1.54) is 0 Å². The number of benzene rings is 4. The molecule has 34 heavy (non-hydrogen) atoms. The Hall–Kier alpha value is -4.38. The third kappa shape index (κ3) is 6.33. The summed E-state index contributed by atoms with van der Waals surface area (Å²) in [6.07, 6.45) is 0. The SMILES string of the molecule is COc1ccc(C(=O)c2ccc(OC)cc2)cc1.COc1ccc(C(=O)c2ccccc2)cc1. The van der Waals surface area contributed by atoms with Crippen LogP contribution < -0.4 is 14.2 Å². The summed E-state index contributed by atoms with van der Waals surface area (Å²) in [6.45, 7) is 0. The monoisotopic (exact) mass is 454 g/mol. The Kier molecular flexibility index (Phi) is 8.58. The first-order valence-corrected chi connectivity index (χ1v) is 10.6. The van der Waals surface area contributed by atoms with Crippen molar-refractivity contribution in [3.63, 3.8) is 0 Å². The summed E-state index contributed by atoms with van der Waals surface area (Å²) < 4.78 is 15.2. The van der Waals surface area contributed by atoms with Gasteiger partial charge >= 0.3 is 0 Å². The van der Waals surface area contributed by atoms with Crippen LogP contribution in [0.25, 0.3) is 0 Å². The zero-order valence-electron chi connectivity index (χ0n) is 19.4. The zero-order valence-corrected chi connectivity index (χ0v) is 19.4. The maximum atomic E-state index is 12.2. The summed E-state index contributed by atoms with van der Waals surface area (Å²) in [4.78, 5) is 24.2. The second-order valence-electron chi connectivity index (χ2n) is 7.21. The van der Waals surface area contributed by atoms with Crippen molar-refractivity contribution in [1.29, 1.82) is 0 Å². The molecule has 0 aliphatic carbocycles. The van der Waals surface area contributed by atoms with Crippen LogP contribution in [0.5, 0.6) is 17.2 Å². The van der Waals surface area contributed by atoms with Gasteiger partial charge in [0.15, 0.2) is 11.6 Å². The number of hydrogen-bond acceptors (Lipinski definition) is 5. The number of hydrogen-bond donors (Lipinski definition) is 0. The molecule has 5 heteroatoms. The maximum absolute atomic E-state index is 12.2. The smallest absolute Gasteiger partial charge is 0.193 e. The van der Waals surface area contributed by atoms with Gasteiger partial charge in [-0.05, 0) is 72.8 Å². The molecule has 4 aromatic rings. The Balaban J connectivity index is 0.000000192. The Morgan fingerprint density at radius 1 is 0.412 bits per heavy atom. The predicted molar refractivity (Wildman–Crippen MR) is 132 cm³/mol. The third-order valence-electron chi connectivity index (χ3n) is 5.09. The van der Waals surface area contributed by atoms with Crippen molar-refractivity contribution in [2.24, 2.45) is 0 Å². The van der Waals surface area contributed by atoms with Gasteiger partial charge < -0.3 is 14.2 Å². The highest BCUT2D eigenvalue weighted by Crippen LogP contribution is 2.18. The lowest BCUT2D eigenvalue weighted by Gasteiger charge is -2.04. The van der Waals surface area contributed by atoms with E-state index in [1.54, 1.807) is 94.1 Å². The molecule has 4 rings (SSSR count). The normalized spacial score (nSPS) is 9.85. The van der Waals surface area contributed by atoms with Gasteiger partial charge in [-0.3, -0.25) is 9.59 Å². The van der Waals surface area contributed by atoms with Gasteiger partial charge in [-0.15, -0.1) is 0 Å². The highest BCUT2D eigenvalue weighted by atomic mass is 16.5. The lowest BCUT2D eigenvalue weighted by molar-refractivity contribution is 0.103. The van der Waals surface area contributed by atoms with Gasteiger partial charge in [-0.25, -0.2) is 0 Å². The molecule has 0 spiro atoms. The van der Waals surface area contributed by atoms with Crippen LogP contribution in [-0.4, -0.2) is 32.9 Å². The molecule has 0 bridgehead atoms. The number of methoxy groups -OCH3 is 3. The van der Waals surface area contributed by atoms with E-state index in [-0.39, 0.29) is 11.6 Å². The summed E-state index contributed by atoms with van der Waals surface area (Å²) in [6, 6.07) is 30.5. The molecule has 0 amide bonds. The Morgan fingerprint density at radius 2 is 0.676 bits per heavy atom. The van der Waals surface area contributed by atoms with Crippen molar-refractivity contribution in [3.8, 4) is 17.2 Å². The van der Waals surface area contributed by atoms with Crippen LogP contribution >= 0.6 is 0 Å². The molecule has 0 aromatic heterocycles. The van der Waals surface area contributed by atoms with Crippen LogP contribution in [-0.2, 0) is 0 Å². The summed E-state index contributed by atoms with van der Waals surface area (Å²) in [5, 5.41) is 0. The van der Waals surface area contributed by atoms with E-state index in [1.807, 2.05) is 30.3 Å². The molecule has 0 aliphatic rings. The maximum Gasteiger partial charge on any atom is 0.193 e. The van der Waals surface area contributed by atoms with Gasteiger partial charge in [0, 0.05) is 22.3 Å². The van der Waals surface area contributed by atoms with Crippen LogP contribution in [0, 0.1) is 0 Å². The number of carbonyl (C=O) groups excluding carboxylic acids is 2. The fourth-order valence-corrected chi connectivity index (χ4v) is 3.15. The molecular formula is C29H26O5. The van der Waals surface area contributed by atoms with E-state index in [0.717, 1.165) is 17.2 Å². The van der Waals surface area contributed by atoms with E-state index in [4.69, 9.17) is 14.2 Å². The van der Waals surface area contributed by atoms with E-state index in [2.05, 4.69) is 0 Å². The van der Waals surface area contributed by atoms with Crippen molar-refractivity contribution in [2.75, 3.05) is 21.3 Å². The number of ketones is 2. The highest BCUT2D eigenvalue weighted by molar-refractivity contribution is 6.09. The Morgan fingerprint density at radius 3 is 0.941 bits per heavy atom. The van der Waals surface area contributed by atoms with Crippen molar-refractivity contribution in [2.45, 2.75) is 0 Å². The van der Waals surface area contributed by atoms with Gasteiger partial charge in [0.25, 0.3) is 0 Å². The largest absolute Gasteiger partial charge is 0.497 e. The molecule has 0 radical (unpaired) electrons. The van der Waals surface area contributed by atoms with Crippen molar-refractivity contribution in [1.82, 2.24) is 0 Å². The highest BCUT2D eigenvalue weighted by Gasteiger charge is 2.09. The minimum Gasteiger partial charge on any atom is -0.497 e. The molecule has 5 nitrogen and oxygen atoms in total. The van der Waals surface area contributed by atoms with Crippen molar-refractivity contribution < 1.29 is 23.8 Å². The first-order chi connectivity index (χ1) is 16.5. The minimum absolute atomic E-state index is 0.0136. The quantitative estimate of drug-likeness (QED) is 0.327. The average molecular weight is 455 g/mol. The van der Waals surface area contributed by atoms with Gasteiger partial charge in [-0.1, -0.05) is 30.3 Å². The van der Waals surface area contributed by atoms with Gasteiger partial charge in [0.2, 0.25) is 0 Å². The van der Waals surface area contributed by atoms with Gasteiger partial charge in [0.1, 0.15) is 17.2 Å². The molecule has 0 N–H and O–H groups in total. The van der Waals surface area contributed by atoms with Crippen LogP contribution in [0.1, 0.15) is 31.8 Å². The first kappa shape index (κ1) is 24.3. The molecule has 0 saturated carbocycles. The lowest BCUT2D eigenvalue weighted by Crippen LogP contribution is -2.01. The zero-order chi connectivity index (χ0) is 24.3. The molecule has 0 unspecified atom stereocenters. The second kappa shape index (κ2) is 12.0. The lowest BCUT2D eigenvalue weighted by atomic mass is 10.0. The van der Waals surface area contributed by atoms with E-state index in [0.29, 0.717) is 22.3 Å². The molecule has 172 valence electrons. The summed E-state index contributed by atoms with van der Waals surface area (Å²) in [7, 11) is 4.80. The molecule has 4 aromatic carbocycles. The molecule has 0 saturated heterocycles. The summed E-state index contributed by atoms with van der Waals surface area (Å²) >= 11 is 0. The van der Waals surface area contributed by atoms with E-state index < -0.39 is 0 Å². The predicted octanol–water partition coefficient (Wildman–Crippen LogP) is 5.86. The van der Waals surface area contributed by atoms with Crippen molar-refractivity contribution in [3.05, 3.63) is 125 Å². The first-order valence-electron chi connectivity index (χ1n) is 10.6. The second-order valence-corrected chi connectivity index (χ2v) is 7.21. The van der Waals surface area contributed by atoms with E-state index >= 15 is 0 Å². The van der Waals surface area contributed by atoms with E-state index in [9.17, 15) is 9.59 Å². The fraction of sp³-hybridized carbons (Fsp3) is 0.103. The Bertz CT molecular complexity index is 1150. The third-order valence-corrected chi connectivity index (χ3v) is 5.09. The minimum atomic E-state index is -0.0136. The van der Waals surface area contributed by atoms with Gasteiger partial charge in [0.05, 0.1) is 21.3 Å². The fourth-order valence-electron chi connectivity index (χ4n) is 3.15. The van der Waals surface area contributed by atoms with Crippen LogP contribution in [0.3, 0.4) is 0 Å². The standard InChI is InChI=1S/C15H14O3.C14H12O2/c1-17-13-7-3-11(4-8-13)15(16)12-5-9-14(18-2)10-6-12;1-16-13-9-7-12(8-10-13)14(15)11-5-3-2-4-6-11/h3-10H,1-2H3;2-10H,1H3. The average Bonchev–Trinajstić information content (AvgIpc) is 2.93. The van der Waals surface area contributed by atoms with Crippen molar-refractivity contribution >= 4 is 11.6 Å². The van der Waals surface area contributed by atoms with Crippen LogP contribution in [0.2, 0.25) is 0 Å². The summed E-state index contributed by atoms with van der Waals surface area (Å²) in [5.41, 5.74) is 2.65. The number of rotatable bonds is 7. The molecule has 0 fully saturated rings.